The second-order valence-corrected chi connectivity index (χ2v) is 4.52. The summed E-state index contributed by atoms with van der Waals surface area (Å²) in [5, 5.41) is 1.77. The zero-order valence-electron chi connectivity index (χ0n) is 8.93. The van der Waals surface area contributed by atoms with Gasteiger partial charge < -0.3 is 4.74 Å². The molecular formula is C12H16Br2O. The lowest BCUT2D eigenvalue weighted by Gasteiger charge is -2.09. The van der Waals surface area contributed by atoms with E-state index in [2.05, 4.69) is 50.9 Å². The first-order valence-electron chi connectivity index (χ1n) is 5.18. The molecule has 0 radical (unpaired) electrons. The second-order valence-electron chi connectivity index (χ2n) is 3.40. The number of benzene rings is 1. The molecule has 0 unspecified atom stereocenters. The van der Waals surface area contributed by atoms with E-state index in [0.29, 0.717) is 0 Å². The van der Waals surface area contributed by atoms with Crippen LogP contribution >= 0.6 is 31.9 Å². The van der Waals surface area contributed by atoms with Crippen molar-refractivity contribution in [3.8, 4) is 5.75 Å². The standard InChI is InChI=1S/C12H16Br2O/c1-2-3-6-15-12-5-4-10(8-13)11(7-12)9-14/h4-5,7H,2-3,6,8-9H2,1H3. The van der Waals surface area contributed by atoms with E-state index in [1.54, 1.807) is 0 Å². The van der Waals surface area contributed by atoms with Gasteiger partial charge >= 0.3 is 0 Å². The lowest BCUT2D eigenvalue weighted by Crippen LogP contribution is -1.98. The van der Waals surface area contributed by atoms with Crippen LogP contribution in [0.25, 0.3) is 0 Å². The Morgan fingerprint density at radius 1 is 1.13 bits per heavy atom. The van der Waals surface area contributed by atoms with Crippen molar-refractivity contribution in [1.29, 1.82) is 0 Å². The molecule has 0 N–H and O–H groups in total. The summed E-state index contributed by atoms with van der Waals surface area (Å²) >= 11 is 6.96. The van der Waals surface area contributed by atoms with Crippen molar-refractivity contribution in [3.05, 3.63) is 29.3 Å². The van der Waals surface area contributed by atoms with Gasteiger partial charge in [0, 0.05) is 10.7 Å². The SMILES string of the molecule is CCCCOc1ccc(CBr)c(CBr)c1. The lowest BCUT2D eigenvalue weighted by molar-refractivity contribution is 0.309. The molecule has 0 aromatic heterocycles. The fourth-order valence-electron chi connectivity index (χ4n) is 1.28. The molecule has 15 heavy (non-hydrogen) atoms. The predicted octanol–water partition coefficient (Wildman–Crippen LogP) is 4.66. The molecule has 0 saturated carbocycles. The highest BCUT2D eigenvalue weighted by Gasteiger charge is 2.02. The molecule has 0 spiro atoms. The second kappa shape index (κ2) is 7.29. The highest BCUT2D eigenvalue weighted by molar-refractivity contribution is 9.09. The fourth-order valence-corrected chi connectivity index (χ4v) is 2.35. The van der Waals surface area contributed by atoms with E-state index in [1.165, 1.54) is 17.5 Å². The Kier molecular flexibility index (Phi) is 6.34. The third kappa shape index (κ3) is 4.15. The maximum Gasteiger partial charge on any atom is 0.119 e. The van der Waals surface area contributed by atoms with E-state index in [1.807, 2.05) is 6.07 Å². The number of ether oxygens (including phenoxy) is 1. The number of unbranched alkanes of at least 4 members (excludes halogenated alkanes) is 1. The summed E-state index contributed by atoms with van der Waals surface area (Å²) in [5.41, 5.74) is 2.61. The molecule has 0 bridgehead atoms. The maximum absolute atomic E-state index is 5.65. The molecular weight excluding hydrogens is 320 g/mol. The minimum absolute atomic E-state index is 0.811. The topological polar surface area (TPSA) is 9.23 Å². The zero-order chi connectivity index (χ0) is 11.1. The molecule has 0 saturated heterocycles. The van der Waals surface area contributed by atoms with Crippen molar-refractivity contribution in [3.63, 3.8) is 0 Å². The molecule has 1 nitrogen and oxygen atoms in total. The monoisotopic (exact) mass is 334 g/mol. The summed E-state index contributed by atoms with van der Waals surface area (Å²) in [6, 6.07) is 6.27. The Morgan fingerprint density at radius 3 is 2.47 bits per heavy atom. The van der Waals surface area contributed by atoms with Gasteiger partial charge in [-0.25, -0.2) is 0 Å². The van der Waals surface area contributed by atoms with Crippen LogP contribution in [0.3, 0.4) is 0 Å². The zero-order valence-corrected chi connectivity index (χ0v) is 12.1. The molecule has 0 fully saturated rings. The summed E-state index contributed by atoms with van der Waals surface area (Å²) < 4.78 is 5.65. The van der Waals surface area contributed by atoms with Gasteiger partial charge in [0.15, 0.2) is 0 Å². The van der Waals surface area contributed by atoms with Crippen LogP contribution in [0, 0.1) is 0 Å². The van der Waals surface area contributed by atoms with Gasteiger partial charge in [-0.3, -0.25) is 0 Å². The van der Waals surface area contributed by atoms with Crippen LogP contribution in [0.1, 0.15) is 30.9 Å². The average Bonchev–Trinajstić information content (AvgIpc) is 2.29. The first-order chi connectivity index (χ1) is 7.31. The van der Waals surface area contributed by atoms with Gasteiger partial charge in [0.2, 0.25) is 0 Å². The molecule has 0 aliphatic heterocycles. The maximum atomic E-state index is 5.65. The molecule has 1 aromatic carbocycles. The molecule has 3 heteroatoms. The normalized spacial score (nSPS) is 10.3. The largest absolute Gasteiger partial charge is 0.494 e. The number of rotatable bonds is 6. The van der Waals surface area contributed by atoms with Gasteiger partial charge in [-0.2, -0.15) is 0 Å². The molecule has 1 aromatic rings. The van der Waals surface area contributed by atoms with Crippen molar-refractivity contribution >= 4 is 31.9 Å². The number of hydrogen-bond donors (Lipinski definition) is 0. The van der Waals surface area contributed by atoms with Gasteiger partial charge in [-0.15, -0.1) is 0 Å². The average molecular weight is 336 g/mol. The van der Waals surface area contributed by atoms with E-state index in [4.69, 9.17) is 4.74 Å². The van der Waals surface area contributed by atoms with E-state index in [0.717, 1.165) is 29.4 Å². The predicted molar refractivity (Wildman–Crippen MR) is 72.1 cm³/mol. The van der Waals surface area contributed by atoms with E-state index >= 15 is 0 Å². The molecule has 0 amide bonds. The van der Waals surface area contributed by atoms with Crippen LogP contribution in [0.15, 0.2) is 18.2 Å². The third-order valence-electron chi connectivity index (χ3n) is 2.23. The first-order valence-corrected chi connectivity index (χ1v) is 7.42. The highest BCUT2D eigenvalue weighted by atomic mass is 79.9. The summed E-state index contributed by atoms with van der Waals surface area (Å²) in [5.74, 6) is 0.975. The number of alkyl halides is 2. The molecule has 84 valence electrons. The van der Waals surface area contributed by atoms with Crippen LogP contribution in [-0.2, 0) is 10.7 Å². The molecule has 0 atom stereocenters. The van der Waals surface area contributed by atoms with Gasteiger partial charge in [-0.1, -0.05) is 51.3 Å². The fraction of sp³-hybridized carbons (Fsp3) is 0.500. The van der Waals surface area contributed by atoms with Crippen molar-refractivity contribution in [1.82, 2.24) is 0 Å². The Balaban J connectivity index is 2.66. The smallest absolute Gasteiger partial charge is 0.119 e. The van der Waals surface area contributed by atoms with Crippen LogP contribution in [0.2, 0.25) is 0 Å². The first kappa shape index (κ1) is 13.0. The third-order valence-corrected chi connectivity index (χ3v) is 3.44. The van der Waals surface area contributed by atoms with Crippen molar-refractivity contribution in [2.45, 2.75) is 30.4 Å². The molecule has 0 aliphatic rings. The number of halogens is 2. The van der Waals surface area contributed by atoms with Crippen LogP contribution in [0.4, 0.5) is 0 Å². The van der Waals surface area contributed by atoms with Crippen LogP contribution in [0.5, 0.6) is 5.75 Å². The minimum Gasteiger partial charge on any atom is -0.494 e. The lowest BCUT2D eigenvalue weighted by atomic mass is 10.1. The molecule has 0 heterocycles. The van der Waals surface area contributed by atoms with Crippen LogP contribution < -0.4 is 4.74 Å². The Hall–Kier alpha value is -0.0200. The summed E-state index contributed by atoms with van der Waals surface area (Å²) in [7, 11) is 0. The Morgan fingerprint density at radius 2 is 1.87 bits per heavy atom. The highest BCUT2D eigenvalue weighted by Crippen LogP contribution is 2.22. The molecule has 1 rings (SSSR count). The minimum atomic E-state index is 0.811. The van der Waals surface area contributed by atoms with Gasteiger partial charge in [0.05, 0.1) is 6.61 Å². The van der Waals surface area contributed by atoms with E-state index in [9.17, 15) is 0 Å². The van der Waals surface area contributed by atoms with Gasteiger partial charge in [0.25, 0.3) is 0 Å². The van der Waals surface area contributed by atoms with Crippen molar-refractivity contribution < 1.29 is 4.74 Å². The Labute approximate surface area is 108 Å². The quantitative estimate of drug-likeness (QED) is 0.543. The van der Waals surface area contributed by atoms with Crippen molar-refractivity contribution in [2.24, 2.45) is 0 Å². The van der Waals surface area contributed by atoms with E-state index < -0.39 is 0 Å². The van der Waals surface area contributed by atoms with Gasteiger partial charge in [-0.05, 0) is 29.7 Å². The van der Waals surface area contributed by atoms with Gasteiger partial charge in [0.1, 0.15) is 5.75 Å². The van der Waals surface area contributed by atoms with E-state index in [-0.39, 0.29) is 0 Å². The van der Waals surface area contributed by atoms with Crippen molar-refractivity contribution in [2.75, 3.05) is 6.61 Å². The summed E-state index contributed by atoms with van der Waals surface area (Å²) in [6.45, 7) is 2.98. The van der Waals surface area contributed by atoms with Crippen LogP contribution in [-0.4, -0.2) is 6.61 Å². The summed E-state index contributed by atoms with van der Waals surface area (Å²) in [6.07, 6.45) is 2.29. The molecule has 0 aliphatic carbocycles. The number of hydrogen-bond acceptors (Lipinski definition) is 1. The Bertz CT molecular complexity index is 300. The summed E-state index contributed by atoms with van der Waals surface area (Å²) in [4.78, 5) is 0.